The minimum Gasteiger partial charge on any atom is -0.338 e. The number of nitrogens with one attached hydrogen (secondary N) is 2. The SMILES string of the molecule is CCCNC(=O)Nc1ccc(C(F)(F)F)cc1C#N. The van der Waals surface area contributed by atoms with Gasteiger partial charge in [0.15, 0.2) is 0 Å². The van der Waals surface area contributed by atoms with Crippen molar-refractivity contribution in [2.75, 3.05) is 11.9 Å². The van der Waals surface area contributed by atoms with Crippen molar-refractivity contribution in [3.63, 3.8) is 0 Å². The molecular formula is C12H12F3N3O. The van der Waals surface area contributed by atoms with Crippen LogP contribution in [0.15, 0.2) is 18.2 Å². The maximum atomic E-state index is 12.5. The second-order valence-electron chi connectivity index (χ2n) is 3.75. The average molecular weight is 271 g/mol. The van der Waals surface area contributed by atoms with Gasteiger partial charge in [-0.05, 0) is 24.6 Å². The molecule has 0 aliphatic heterocycles. The molecule has 2 amide bonds. The summed E-state index contributed by atoms with van der Waals surface area (Å²) in [5.41, 5.74) is -1.12. The molecule has 2 N–H and O–H groups in total. The van der Waals surface area contributed by atoms with Crippen molar-refractivity contribution in [1.29, 1.82) is 5.26 Å². The van der Waals surface area contributed by atoms with Crippen molar-refractivity contribution in [2.24, 2.45) is 0 Å². The van der Waals surface area contributed by atoms with Crippen molar-refractivity contribution >= 4 is 11.7 Å². The number of urea groups is 1. The number of hydrogen-bond donors (Lipinski definition) is 2. The third-order valence-corrected chi connectivity index (χ3v) is 2.25. The number of amides is 2. The molecule has 0 radical (unpaired) electrons. The van der Waals surface area contributed by atoms with Crippen LogP contribution in [-0.4, -0.2) is 12.6 Å². The zero-order valence-electron chi connectivity index (χ0n) is 10.1. The van der Waals surface area contributed by atoms with Gasteiger partial charge < -0.3 is 10.6 Å². The van der Waals surface area contributed by atoms with Crippen LogP contribution in [0.25, 0.3) is 0 Å². The summed E-state index contributed by atoms with van der Waals surface area (Å²) in [4.78, 5) is 11.4. The van der Waals surface area contributed by atoms with E-state index in [-0.39, 0.29) is 11.3 Å². The Morgan fingerprint density at radius 3 is 2.63 bits per heavy atom. The molecule has 0 saturated heterocycles. The van der Waals surface area contributed by atoms with Gasteiger partial charge in [-0.3, -0.25) is 0 Å². The van der Waals surface area contributed by atoms with Crippen molar-refractivity contribution in [3.8, 4) is 6.07 Å². The highest BCUT2D eigenvalue weighted by Gasteiger charge is 2.31. The van der Waals surface area contributed by atoms with Crippen molar-refractivity contribution in [3.05, 3.63) is 29.3 Å². The summed E-state index contributed by atoms with van der Waals surface area (Å²) < 4.78 is 37.4. The number of alkyl halides is 3. The summed E-state index contributed by atoms with van der Waals surface area (Å²) in [6, 6.07) is 3.65. The summed E-state index contributed by atoms with van der Waals surface area (Å²) in [7, 11) is 0. The van der Waals surface area contributed by atoms with E-state index in [9.17, 15) is 18.0 Å². The number of hydrogen-bond acceptors (Lipinski definition) is 2. The molecule has 1 aromatic carbocycles. The fourth-order valence-electron chi connectivity index (χ4n) is 1.33. The van der Waals surface area contributed by atoms with Crippen LogP contribution < -0.4 is 10.6 Å². The molecule has 0 spiro atoms. The van der Waals surface area contributed by atoms with E-state index in [1.165, 1.54) is 0 Å². The topological polar surface area (TPSA) is 64.9 Å². The standard InChI is InChI=1S/C12H12F3N3O/c1-2-5-17-11(19)18-10-4-3-9(12(13,14)15)6-8(10)7-16/h3-4,6H,2,5H2,1H3,(H2,17,18,19). The summed E-state index contributed by atoms with van der Waals surface area (Å²) in [6.45, 7) is 2.30. The second kappa shape index (κ2) is 6.09. The van der Waals surface area contributed by atoms with Gasteiger partial charge in [-0.2, -0.15) is 18.4 Å². The van der Waals surface area contributed by atoms with Crippen LogP contribution in [0.2, 0.25) is 0 Å². The number of anilines is 1. The molecule has 0 heterocycles. The fourth-order valence-corrected chi connectivity index (χ4v) is 1.33. The van der Waals surface area contributed by atoms with Crippen LogP contribution in [0.3, 0.4) is 0 Å². The predicted molar refractivity (Wildman–Crippen MR) is 63.5 cm³/mol. The number of rotatable bonds is 3. The zero-order chi connectivity index (χ0) is 14.5. The number of benzene rings is 1. The number of nitrogens with zero attached hydrogens (tertiary/aromatic N) is 1. The molecule has 4 nitrogen and oxygen atoms in total. The van der Waals surface area contributed by atoms with E-state index < -0.39 is 17.8 Å². The Hall–Kier alpha value is -2.23. The van der Waals surface area contributed by atoms with Gasteiger partial charge >= 0.3 is 12.2 Å². The van der Waals surface area contributed by atoms with Crippen LogP contribution in [0.1, 0.15) is 24.5 Å². The van der Waals surface area contributed by atoms with Gasteiger partial charge in [-0.15, -0.1) is 0 Å². The molecular weight excluding hydrogens is 259 g/mol. The molecule has 0 saturated carbocycles. The number of halogens is 3. The number of carbonyl (C=O) groups is 1. The predicted octanol–water partition coefficient (Wildman–Crippen LogP) is 3.11. The molecule has 0 fully saturated rings. The van der Waals surface area contributed by atoms with E-state index in [4.69, 9.17) is 5.26 Å². The highest BCUT2D eigenvalue weighted by atomic mass is 19.4. The smallest absolute Gasteiger partial charge is 0.338 e. The molecule has 102 valence electrons. The lowest BCUT2D eigenvalue weighted by Crippen LogP contribution is -2.29. The summed E-state index contributed by atoms with van der Waals surface area (Å²) >= 11 is 0. The normalized spacial score (nSPS) is 10.7. The molecule has 0 aromatic heterocycles. The summed E-state index contributed by atoms with van der Waals surface area (Å²) in [5, 5.41) is 13.6. The molecule has 1 aromatic rings. The van der Waals surface area contributed by atoms with Crippen molar-refractivity contribution < 1.29 is 18.0 Å². The Bertz CT molecular complexity index is 506. The fraction of sp³-hybridized carbons (Fsp3) is 0.333. The van der Waals surface area contributed by atoms with Crippen LogP contribution in [-0.2, 0) is 6.18 Å². The molecule has 0 unspecified atom stereocenters. The van der Waals surface area contributed by atoms with Crippen LogP contribution >= 0.6 is 0 Å². The Labute approximate surface area is 108 Å². The minimum atomic E-state index is -4.52. The van der Waals surface area contributed by atoms with Crippen LogP contribution in [0, 0.1) is 11.3 Å². The lowest BCUT2D eigenvalue weighted by Gasteiger charge is -2.11. The molecule has 0 aliphatic carbocycles. The molecule has 7 heteroatoms. The van der Waals surface area contributed by atoms with Gasteiger partial charge in [0.25, 0.3) is 0 Å². The van der Waals surface area contributed by atoms with Gasteiger partial charge in [-0.1, -0.05) is 6.92 Å². The first-order valence-corrected chi connectivity index (χ1v) is 5.54. The van der Waals surface area contributed by atoms with E-state index in [0.717, 1.165) is 18.6 Å². The van der Waals surface area contributed by atoms with E-state index in [0.29, 0.717) is 12.6 Å². The number of carbonyl (C=O) groups excluding carboxylic acids is 1. The largest absolute Gasteiger partial charge is 0.416 e. The second-order valence-corrected chi connectivity index (χ2v) is 3.75. The molecule has 1 rings (SSSR count). The Kier molecular flexibility index (Phi) is 4.75. The highest BCUT2D eigenvalue weighted by Crippen LogP contribution is 2.31. The summed E-state index contributed by atoms with van der Waals surface area (Å²) in [5.74, 6) is 0. The van der Waals surface area contributed by atoms with E-state index in [2.05, 4.69) is 10.6 Å². The van der Waals surface area contributed by atoms with E-state index >= 15 is 0 Å². The van der Waals surface area contributed by atoms with Gasteiger partial charge in [0.1, 0.15) is 6.07 Å². The molecule has 0 aliphatic rings. The Morgan fingerprint density at radius 1 is 1.42 bits per heavy atom. The zero-order valence-corrected chi connectivity index (χ0v) is 10.1. The molecule has 0 atom stereocenters. The Morgan fingerprint density at radius 2 is 2.11 bits per heavy atom. The lowest BCUT2D eigenvalue weighted by atomic mass is 10.1. The van der Waals surface area contributed by atoms with Crippen molar-refractivity contribution in [1.82, 2.24) is 5.32 Å². The lowest BCUT2D eigenvalue weighted by molar-refractivity contribution is -0.137. The third-order valence-electron chi connectivity index (χ3n) is 2.25. The first kappa shape index (κ1) is 14.8. The van der Waals surface area contributed by atoms with Crippen LogP contribution in [0.5, 0.6) is 0 Å². The average Bonchev–Trinajstić information content (AvgIpc) is 2.35. The quantitative estimate of drug-likeness (QED) is 0.887. The minimum absolute atomic E-state index is 0.0455. The first-order valence-electron chi connectivity index (χ1n) is 5.54. The third kappa shape index (κ3) is 4.17. The van der Waals surface area contributed by atoms with Crippen molar-refractivity contribution in [2.45, 2.75) is 19.5 Å². The number of nitriles is 1. The van der Waals surface area contributed by atoms with E-state index in [1.54, 1.807) is 6.07 Å². The van der Waals surface area contributed by atoms with Gasteiger partial charge in [0, 0.05) is 6.54 Å². The maximum absolute atomic E-state index is 12.5. The molecule has 19 heavy (non-hydrogen) atoms. The van der Waals surface area contributed by atoms with Gasteiger partial charge in [-0.25, -0.2) is 4.79 Å². The Balaban J connectivity index is 2.92. The molecule has 0 bridgehead atoms. The first-order chi connectivity index (χ1) is 8.88. The summed E-state index contributed by atoms with van der Waals surface area (Å²) in [6.07, 6.45) is -3.79. The van der Waals surface area contributed by atoms with Gasteiger partial charge in [0.2, 0.25) is 0 Å². The maximum Gasteiger partial charge on any atom is 0.416 e. The van der Waals surface area contributed by atoms with Crippen LogP contribution in [0.4, 0.5) is 23.7 Å². The van der Waals surface area contributed by atoms with E-state index in [1.807, 2.05) is 6.92 Å². The highest BCUT2D eigenvalue weighted by molar-refractivity contribution is 5.90. The van der Waals surface area contributed by atoms with Gasteiger partial charge in [0.05, 0.1) is 16.8 Å². The monoisotopic (exact) mass is 271 g/mol.